The highest BCUT2D eigenvalue weighted by Gasteiger charge is 2.29. The third-order valence-electron chi connectivity index (χ3n) is 3.31. The molecule has 3 rings (SSSR count). The van der Waals surface area contributed by atoms with Crippen molar-refractivity contribution in [1.82, 2.24) is 9.78 Å². The lowest BCUT2D eigenvalue weighted by Gasteiger charge is -1.96. The Morgan fingerprint density at radius 2 is 2.31 bits per heavy atom. The number of rotatable bonds is 2. The Labute approximate surface area is 99.7 Å². The van der Waals surface area contributed by atoms with Crippen molar-refractivity contribution in [2.24, 2.45) is 13.0 Å². The molecule has 2 aromatic rings. The lowest BCUT2D eigenvalue weighted by atomic mass is 10.2. The molecule has 84 valence electrons. The van der Waals surface area contributed by atoms with E-state index in [1.165, 1.54) is 18.7 Å². The van der Waals surface area contributed by atoms with E-state index in [4.69, 9.17) is 11.6 Å². The highest BCUT2D eigenvalue weighted by atomic mass is 35.5. The maximum Gasteiger partial charge on any atom is 0.325 e. The number of nitrogens with zero attached hydrogens (tertiary/aromatic N) is 3. The molecule has 0 aliphatic heterocycles. The van der Waals surface area contributed by atoms with E-state index in [0.29, 0.717) is 0 Å². The largest absolute Gasteiger partial charge is 0.325 e. The molecular formula is C12H15ClN3+. The molecule has 0 aromatic carbocycles. The first-order valence-corrected chi connectivity index (χ1v) is 6.07. The maximum absolute atomic E-state index is 6.27. The minimum Gasteiger partial charge on any atom is -0.200 e. The van der Waals surface area contributed by atoms with Gasteiger partial charge < -0.3 is 0 Å². The van der Waals surface area contributed by atoms with Crippen molar-refractivity contribution in [2.75, 3.05) is 0 Å². The van der Waals surface area contributed by atoms with Gasteiger partial charge in [0.25, 0.3) is 0 Å². The fraction of sp³-hybridized carbons (Fsp3) is 0.500. The molecule has 1 aliphatic rings. The number of halogens is 1. The zero-order chi connectivity index (χ0) is 11.3. The quantitative estimate of drug-likeness (QED) is 0.732. The van der Waals surface area contributed by atoms with Gasteiger partial charge in [0, 0.05) is 11.5 Å². The van der Waals surface area contributed by atoms with Crippen molar-refractivity contribution in [3.05, 3.63) is 28.7 Å². The summed E-state index contributed by atoms with van der Waals surface area (Å²) >= 11 is 6.27. The van der Waals surface area contributed by atoms with Crippen molar-refractivity contribution in [3.8, 4) is 0 Å². The average molecular weight is 237 g/mol. The second-order valence-electron chi connectivity index (χ2n) is 4.69. The third-order valence-corrected chi connectivity index (χ3v) is 3.78. The number of hydrogen-bond donors (Lipinski definition) is 0. The van der Waals surface area contributed by atoms with E-state index >= 15 is 0 Å². The fourth-order valence-corrected chi connectivity index (χ4v) is 2.27. The number of aryl methyl sites for hydroxylation is 2. The monoisotopic (exact) mass is 236 g/mol. The van der Waals surface area contributed by atoms with Gasteiger partial charge in [-0.1, -0.05) is 11.6 Å². The van der Waals surface area contributed by atoms with Crippen molar-refractivity contribution in [1.29, 1.82) is 0 Å². The van der Waals surface area contributed by atoms with E-state index in [0.717, 1.165) is 28.6 Å². The Morgan fingerprint density at radius 1 is 1.56 bits per heavy atom. The number of aromatic nitrogens is 3. The Morgan fingerprint density at radius 3 is 3.00 bits per heavy atom. The van der Waals surface area contributed by atoms with Crippen LogP contribution >= 0.6 is 11.6 Å². The summed E-state index contributed by atoms with van der Waals surface area (Å²) in [5, 5.41) is 5.27. The number of hydrogen-bond acceptors (Lipinski definition) is 1. The van der Waals surface area contributed by atoms with E-state index in [-0.39, 0.29) is 0 Å². The van der Waals surface area contributed by atoms with Crippen molar-refractivity contribution >= 4 is 17.2 Å². The molecule has 2 heterocycles. The molecule has 1 saturated carbocycles. The van der Waals surface area contributed by atoms with Crippen molar-refractivity contribution in [2.45, 2.75) is 26.2 Å². The first-order valence-electron chi connectivity index (χ1n) is 5.69. The van der Waals surface area contributed by atoms with Crippen LogP contribution in [0.25, 0.3) is 5.65 Å². The summed E-state index contributed by atoms with van der Waals surface area (Å²) in [6.45, 7) is 2.01. The zero-order valence-electron chi connectivity index (χ0n) is 9.57. The molecule has 0 amide bonds. The minimum absolute atomic E-state index is 0.764. The standard InChI is InChI=1S/C12H15ClN3/c1-8-5-6-16-10(7-9-3-4-9)15(2)14-12(16)11(8)13/h5-6,9H,3-4,7H2,1-2H3/q+1. The smallest absolute Gasteiger partial charge is 0.200 e. The summed E-state index contributed by atoms with van der Waals surface area (Å²) in [5.41, 5.74) is 1.96. The predicted octanol–water partition coefficient (Wildman–Crippen LogP) is 2.07. The lowest BCUT2D eigenvalue weighted by molar-refractivity contribution is -0.523. The molecular weight excluding hydrogens is 222 g/mol. The van der Waals surface area contributed by atoms with Gasteiger partial charge in [-0.2, -0.15) is 4.40 Å². The summed E-state index contributed by atoms with van der Waals surface area (Å²) in [4.78, 5) is 0. The minimum atomic E-state index is 0.764. The second kappa shape index (κ2) is 3.45. The lowest BCUT2D eigenvalue weighted by Crippen LogP contribution is -2.26. The third kappa shape index (κ3) is 1.50. The van der Waals surface area contributed by atoms with Crippen LogP contribution in [-0.2, 0) is 13.5 Å². The Balaban J connectivity index is 2.19. The highest BCUT2D eigenvalue weighted by Crippen LogP contribution is 2.32. The summed E-state index contributed by atoms with van der Waals surface area (Å²) in [6.07, 6.45) is 5.89. The molecule has 0 atom stereocenters. The average Bonchev–Trinajstić information content (AvgIpc) is 3.00. The summed E-state index contributed by atoms with van der Waals surface area (Å²) in [7, 11) is 2.00. The Bertz CT molecular complexity index is 555. The van der Waals surface area contributed by atoms with Crippen LogP contribution in [-0.4, -0.2) is 9.78 Å². The van der Waals surface area contributed by atoms with Gasteiger partial charge in [-0.15, -0.1) is 4.68 Å². The molecule has 1 aliphatic carbocycles. The zero-order valence-corrected chi connectivity index (χ0v) is 10.3. The van der Waals surface area contributed by atoms with E-state index in [9.17, 15) is 0 Å². The molecule has 3 nitrogen and oxygen atoms in total. The number of pyridine rings is 1. The van der Waals surface area contributed by atoms with Crippen LogP contribution in [0, 0.1) is 12.8 Å². The van der Waals surface area contributed by atoms with Crippen molar-refractivity contribution in [3.63, 3.8) is 0 Å². The molecule has 0 N–H and O–H groups in total. The first kappa shape index (κ1) is 10.1. The van der Waals surface area contributed by atoms with Crippen LogP contribution in [0.2, 0.25) is 5.02 Å². The van der Waals surface area contributed by atoms with Gasteiger partial charge in [0.15, 0.2) is 0 Å². The molecule has 1 fully saturated rings. The van der Waals surface area contributed by atoms with Crippen LogP contribution < -0.4 is 4.40 Å². The maximum atomic E-state index is 6.27. The summed E-state index contributed by atoms with van der Waals surface area (Å²) in [6, 6.07) is 2.05. The normalized spacial score (nSPS) is 15.9. The topological polar surface area (TPSA) is 21.9 Å². The molecule has 0 bridgehead atoms. The molecule has 0 saturated heterocycles. The second-order valence-corrected chi connectivity index (χ2v) is 5.07. The molecule has 0 radical (unpaired) electrons. The number of fused-ring (bicyclic) bond motifs is 1. The van der Waals surface area contributed by atoms with Gasteiger partial charge in [-0.25, -0.2) is 0 Å². The van der Waals surface area contributed by atoms with E-state index < -0.39 is 0 Å². The molecule has 0 unspecified atom stereocenters. The van der Waals surface area contributed by atoms with Gasteiger partial charge >= 0.3 is 5.65 Å². The van der Waals surface area contributed by atoms with Crippen LogP contribution in [0.15, 0.2) is 12.3 Å². The van der Waals surface area contributed by atoms with Gasteiger partial charge in [-0.3, -0.25) is 0 Å². The molecule has 2 aromatic heterocycles. The van der Waals surface area contributed by atoms with Crippen LogP contribution in [0.4, 0.5) is 0 Å². The SMILES string of the molecule is Cc1cc[n+]2c(CC3CC3)n(C)nc2c1Cl. The van der Waals surface area contributed by atoms with E-state index in [2.05, 4.69) is 15.7 Å². The molecule has 0 spiro atoms. The van der Waals surface area contributed by atoms with Crippen LogP contribution in [0.3, 0.4) is 0 Å². The van der Waals surface area contributed by atoms with Gasteiger partial charge in [0.05, 0.1) is 13.2 Å². The summed E-state index contributed by atoms with van der Waals surface area (Å²) < 4.78 is 4.08. The Hall–Kier alpha value is -1.09. The van der Waals surface area contributed by atoms with Crippen LogP contribution in [0.1, 0.15) is 24.2 Å². The first-order chi connectivity index (χ1) is 7.66. The van der Waals surface area contributed by atoms with E-state index in [1.54, 1.807) is 0 Å². The highest BCUT2D eigenvalue weighted by molar-refractivity contribution is 6.33. The summed E-state index contributed by atoms with van der Waals surface area (Å²) in [5.74, 6) is 2.10. The Kier molecular flexibility index (Phi) is 2.18. The predicted molar refractivity (Wildman–Crippen MR) is 62.5 cm³/mol. The van der Waals surface area contributed by atoms with Gasteiger partial charge in [0.1, 0.15) is 5.02 Å². The van der Waals surface area contributed by atoms with Crippen LogP contribution in [0.5, 0.6) is 0 Å². The van der Waals surface area contributed by atoms with E-state index in [1.807, 2.05) is 24.7 Å². The molecule has 16 heavy (non-hydrogen) atoms. The van der Waals surface area contributed by atoms with Gasteiger partial charge in [0.2, 0.25) is 5.82 Å². The van der Waals surface area contributed by atoms with Gasteiger partial charge in [-0.05, 0) is 37.3 Å². The fourth-order valence-electron chi connectivity index (χ4n) is 2.08. The van der Waals surface area contributed by atoms with Crippen molar-refractivity contribution < 1.29 is 4.40 Å². The molecule has 4 heteroatoms.